The summed E-state index contributed by atoms with van der Waals surface area (Å²) in [5.41, 5.74) is 0. The van der Waals surface area contributed by atoms with Gasteiger partial charge in [0.2, 0.25) is 0 Å². The van der Waals surface area contributed by atoms with Crippen LogP contribution in [0.5, 0.6) is 0 Å². The molecule has 8 aliphatic heterocycles. The predicted octanol–water partition coefficient (Wildman–Crippen LogP) is 5.05. The van der Waals surface area contributed by atoms with Crippen LogP contribution in [0.15, 0.2) is 0 Å². The van der Waals surface area contributed by atoms with Gasteiger partial charge >= 0.3 is 24.3 Å². The first kappa shape index (κ1) is 79.3. The lowest BCUT2D eigenvalue weighted by Crippen LogP contribution is -2.52. The highest BCUT2D eigenvalue weighted by Crippen LogP contribution is 2.69. The molecule has 110 heavy (non-hydrogen) atoms. The molecule has 0 N–H and O–H groups in total. The van der Waals surface area contributed by atoms with Crippen molar-refractivity contribution in [2.45, 2.75) is 243 Å². The molecular formula is C66H84F6N2O28S8. The monoisotopic (exact) mass is 1720 g/mol. The lowest BCUT2D eigenvalue weighted by molar-refractivity contribution is -0.185. The van der Waals surface area contributed by atoms with Crippen molar-refractivity contribution in [3.8, 4) is 12.1 Å². The second-order valence-corrected chi connectivity index (χ2v) is 50.0. The molecule has 30 nitrogen and oxygen atoms in total. The molecule has 16 bridgehead atoms. The van der Waals surface area contributed by atoms with Crippen molar-refractivity contribution in [2.24, 2.45) is 118 Å². The maximum atomic E-state index is 12.9. The molecule has 0 aromatic rings. The zero-order chi connectivity index (χ0) is 79.3. The molecule has 44 heteroatoms. The Labute approximate surface area is 633 Å². The fraction of sp³-hybridized carbons (Fsp3) is 0.939. The number of methoxy groups -OCH3 is 2. The zero-order valence-electron chi connectivity index (χ0n) is 59.5. The first-order valence-corrected chi connectivity index (χ1v) is 49.0. The lowest BCUT2D eigenvalue weighted by Gasteiger charge is -2.30. The van der Waals surface area contributed by atoms with Gasteiger partial charge in [0.25, 0.3) is 80.9 Å². The molecule has 8 heterocycles. The number of fused-ring (bicyclic) bond motifs is 8. The van der Waals surface area contributed by atoms with E-state index >= 15 is 0 Å². The maximum Gasteiger partial charge on any atom is 0.410 e. The summed E-state index contributed by atoms with van der Waals surface area (Å²) < 4.78 is 305. The van der Waals surface area contributed by atoms with Gasteiger partial charge in [-0.05, 0) is 189 Å². The highest BCUT2D eigenvalue weighted by molar-refractivity contribution is 7.90. The Kier molecular flexibility index (Phi) is 18.1. The van der Waals surface area contributed by atoms with Crippen LogP contribution >= 0.6 is 0 Å². The third-order valence-corrected chi connectivity index (χ3v) is 46.4. The number of alkyl halides is 6. The van der Waals surface area contributed by atoms with Crippen molar-refractivity contribution in [3.63, 3.8) is 0 Å². The number of nitrogens with zero attached hydrogens (tertiary/aromatic N) is 2. The second kappa shape index (κ2) is 25.2. The fourth-order valence-corrected chi connectivity index (χ4v) is 43.0. The quantitative estimate of drug-likeness (QED) is 0.198. The number of carbonyl (C=O) groups excluding carboxylic acids is 2. The summed E-state index contributed by atoms with van der Waals surface area (Å²) in [6.45, 7) is 3.91. The predicted molar refractivity (Wildman–Crippen MR) is 357 cm³/mol. The van der Waals surface area contributed by atoms with E-state index in [1.54, 1.807) is 0 Å². The zero-order valence-corrected chi connectivity index (χ0v) is 66.0. The largest absolute Gasteiger partial charge is 0.469 e. The van der Waals surface area contributed by atoms with Crippen molar-refractivity contribution in [1.82, 2.24) is 0 Å². The summed E-state index contributed by atoms with van der Waals surface area (Å²) in [4.78, 5) is 23.3. The Bertz CT molecular complexity index is 4960. The van der Waals surface area contributed by atoms with E-state index in [9.17, 15) is 103 Å². The molecular weight excluding hydrogens is 1640 g/mol. The van der Waals surface area contributed by atoms with Crippen LogP contribution in [0, 0.1) is 141 Å². The molecule has 36 atom stereocenters. The molecule has 0 aromatic heterocycles. The van der Waals surface area contributed by atoms with E-state index in [-0.39, 0.29) is 102 Å². The van der Waals surface area contributed by atoms with Gasteiger partial charge in [-0.3, -0.25) is 43.1 Å². The SMILES string of the molecule is CC12CC3CC(OS1(=O)=O)C2C3.CC1C2CC3OS(=O)(=O)C1C3C2.COC(=O)C12CC3CC(OS1(=O)=O)C2C3.COC(=O)C1C2CC3OS(=O)(=O)C1C3C2.N#CC12CC3CC(OS1(=O)=O)C2C3.N#CC1C2CC3OS(=O)(=O)C1C3C2.O=S1(=O)OC2CC3CC2C1(C(F)(F)F)C3.O=S1(=O)OC2CC3CC2C1C3C(F)(F)F. The van der Waals surface area contributed by atoms with Crippen LogP contribution in [0.25, 0.3) is 0 Å². The number of nitriles is 2. The highest BCUT2D eigenvalue weighted by atomic mass is 32.3. The minimum atomic E-state index is -4.71. The maximum absolute atomic E-state index is 12.9. The van der Waals surface area contributed by atoms with Crippen molar-refractivity contribution < 1.29 is 146 Å². The van der Waals surface area contributed by atoms with Crippen molar-refractivity contribution in [1.29, 1.82) is 10.5 Å². The third kappa shape index (κ3) is 11.1. The minimum Gasteiger partial charge on any atom is -0.469 e. The van der Waals surface area contributed by atoms with Crippen molar-refractivity contribution in [2.75, 3.05) is 14.2 Å². The summed E-state index contributed by atoms with van der Waals surface area (Å²) in [5, 5.41) is 15.2. The van der Waals surface area contributed by atoms with E-state index < -0.39 is 182 Å². The number of ether oxygens (including phenoxy) is 2. The summed E-state index contributed by atoms with van der Waals surface area (Å²) in [6, 6.07) is 4.10. The van der Waals surface area contributed by atoms with Crippen LogP contribution in [0.4, 0.5) is 26.3 Å². The van der Waals surface area contributed by atoms with E-state index in [4.69, 9.17) is 39.8 Å². The van der Waals surface area contributed by atoms with Crippen LogP contribution in [0.2, 0.25) is 0 Å². The summed E-state index contributed by atoms with van der Waals surface area (Å²) in [5.74, 6) is -2.36. The van der Waals surface area contributed by atoms with Gasteiger partial charge in [0.15, 0.2) is 14.2 Å². The van der Waals surface area contributed by atoms with Gasteiger partial charge in [-0.1, -0.05) is 6.92 Å². The first-order valence-electron chi connectivity index (χ1n) is 37.5. The number of rotatable bonds is 2. The number of esters is 2. The molecule has 24 aliphatic rings. The van der Waals surface area contributed by atoms with Crippen LogP contribution in [-0.2, 0) is 133 Å². The topological polar surface area (TPSA) is 447 Å². The molecule has 0 amide bonds. The molecule has 24 rings (SSSR count). The summed E-state index contributed by atoms with van der Waals surface area (Å²) in [6.07, 6.45) is 2.17. The fourth-order valence-electron chi connectivity index (χ4n) is 26.8. The van der Waals surface area contributed by atoms with Gasteiger partial charge in [0.05, 0.1) is 98.2 Å². The van der Waals surface area contributed by atoms with Crippen molar-refractivity contribution in [3.05, 3.63) is 0 Å². The Morgan fingerprint density at radius 3 is 1.35 bits per heavy atom. The van der Waals surface area contributed by atoms with E-state index in [2.05, 4.69) is 26.6 Å². The van der Waals surface area contributed by atoms with Gasteiger partial charge in [0.1, 0.15) is 20.5 Å². The van der Waals surface area contributed by atoms with E-state index in [0.29, 0.717) is 80.0 Å². The average Bonchev–Trinajstić information content (AvgIpc) is 1.51. The molecule has 8 saturated heterocycles. The minimum absolute atomic E-state index is 0.0177. The molecule has 616 valence electrons. The second-order valence-electron chi connectivity index (χ2n) is 35.6. The molecule has 24 fully saturated rings. The average molecular weight is 1720 g/mol. The van der Waals surface area contributed by atoms with E-state index in [1.807, 2.05) is 13.0 Å². The lowest BCUT2D eigenvalue weighted by atomic mass is 9.85. The van der Waals surface area contributed by atoms with Gasteiger partial charge in [-0.2, -0.15) is 104 Å². The van der Waals surface area contributed by atoms with Gasteiger partial charge in [-0.15, -0.1) is 0 Å². The Morgan fingerprint density at radius 1 is 0.418 bits per heavy atom. The molecule has 16 saturated carbocycles. The smallest absolute Gasteiger partial charge is 0.410 e. The summed E-state index contributed by atoms with van der Waals surface area (Å²) >= 11 is 0. The molecule has 0 radical (unpaired) electrons. The molecule has 0 aromatic carbocycles. The Hall–Kier alpha value is -3.22. The highest BCUT2D eigenvalue weighted by Gasteiger charge is 2.81. The van der Waals surface area contributed by atoms with E-state index in [1.165, 1.54) is 14.2 Å². The number of carbonyl (C=O) groups is 2. The third-order valence-electron chi connectivity index (χ3n) is 30.8. The van der Waals surface area contributed by atoms with Gasteiger partial charge < -0.3 is 9.47 Å². The Balaban J connectivity index is 0.0000000918. The van der Waals surface area contributed by atoms with Crippen LogP contribution in [0.1, 0.15) is 142 Å². The summed E-state index contributed by atoms with van der Waals surface area (Å²) in [7, 11) is -26.7. The number of halogens is 6. The molecule has 0 spiro atoms. The molecule has 36 unspecified atom stereocenters. The Morgan fingerprint density at radius 2 is 0.845 bits per heavy atom. The number of hydrogen-bond acceptors (Lipinski definition) is 30. The van der Waals surface area contributed by atoms with Crippen LogP contribution in [-0.4, -0.2) is 195 Å². The first-order chi connectivity index (χ1) is 51.0. The number of hydrogen-bond donors (Lipinski definition) is 0. The van der Waals surface area contributed by atoms with Crippen molar-refractivity contribution >= 4 is 92.9 Å². The molecule has 16 aliphatic carbocycles. The van der Waals surface area contributed by atoms with Gasteiger partial charge in [-0.25, -0.2) is 0 Å². The standard InChI is InChI=1S/2C9H12O5S.2C8H9F3O3S.2C8H9NO3S.2C8H12O3S/c1-13-8(10)9-4-5-2-6(9)7(3-5)14-15(9,11)12;1-13-9(10)7-4-2-5-6(3-4)14-15(11,12)8(5)7;9-8(10,11)7-3-4-1-5(7)6(2-4)14-15(7,12)13;9-8(10,11)6-3-1-4-5(2-3)14-15(12,13)7(4)6;9-4-8-3-5-1-6(8)7(2-5)12-13(8,10)11;9-3-6-4-1-5-7(2-4)12-13(10,11)8(5)6;1-8-4-5-2-6(8)7(3-5)11-12(8,9)10;1-4-5-2-6-7(3-5)11-12(9,10)8(4)6/h5-7H,2-4H2,1H3;4-8H,2-3H2,1H3;4-6H,1-3H2;3-7H,1-2H2;5-7H,1-3H2;4-8H,1-2H2;5-7H,2-4H2,1H3;4-8H,2-3H2,1H3. The van der Waals surface area contributed by atoms with Crippen LogP contribution in [0.3, 0.4) is 0 Å². The normalized spacial score (nSPS) is 53.5. The van der Waals surface area contributed by atoms with Crippen LogP contribution < -0.4 is 0 Å². The van der Waals surface area contributed by atoms with Gasteiger partial charge in [0, 0.05) is 47.3 Å². The van der Waals surface area contributed by atoms with E-state index in [0.717, 1.165) is 77.0 Å².